The van der Waals surface area contributed by atoms with Gasteiger partial charge in [-0.2, -0.15) is 0 Å². The molecule has 2 aliphatic heterocycles. The van der Waals surface area contributed by atoms with Gasteiger partial charge < -0.3 is 64.4 Å². The number of aliphatic hydroxyl groups excluding tert-OH is 3. The molecule has 3 amide bonds. The molecule has 19 nitrogen and oxygen atoms in total. The molecular weight excluding hydrogens is 718 g/mol. The molecule has 2 fully saturated rings. The molecule has 6 unspecified atom stereocenters. The van der Waals surface area contributed by atoms with Crippen molar-refractivity contribution in [2.24, 2.45) is 0 Å². The minimum absolute atomic E-state index is 0.192. The monoisotopic (exact) mass is 761 g/mol. The van der Waals surface area contributed by atoms with Gasteiger partial charge in [-0.25, -0.2) is 0 Å². The van der Waals surface area contributed by atoms with E-state index in [2.05, 4.69) is 16.0 Å². The predicted octanol–water partition coefficient (Wildman–Crippen LogP) is -0.704. The van der Waals surface area contributed by atoms with Crippen LogP contribution in [0.5, 0.6) is 11.5 Å². The number of nitrogens with one attached hydrogen (secondary N) is 3. The van der Waals surface area contributed by atoms with Crippen LogP contribution in [0.3, 0.4) is 0 Å². The van der Waals surface area contributed by atoms with Crippen LogP contribution in [0.2, 0.25) is 0 Å². The van der Waals surface area contributed by atoms with Crippen molar-refractivity contribution >= 4 is 41.3 Å². The van der Waals surface area contributed by atoms with E-state index < -0.39 is 110 Å². The van der Waals surface area contributed by atoms with Gasteiger partial charge in [0.05, 0.1) is 6.61 Å². The van der Waals surface area contributed by atoms with Crippen molar-refractivity contribution in [2.45, 2.75) is 95.9 Å². The predicted molar refractivity (Wildman–Crippen MR) is 181 cm³/mol. The Labute approximate surface area is 309 Å². The summed E-state index contributed by atoms with van der Waals surface area (Å²) in [5.74, 6) is -3.33. The van der Waals surface area contributed by atoms with Crippen molar-refractivity contribution in [2.75, 3.05) is 18.5 Å². The molecule has 2 aromatic rings. The highest BCUT2D eigenvalue weighted by Gasteiger charge is 2.52. The summed E-state index contributed by atoms with van der Waals surface area (Å²) in [5, 5.41) is 38.0. The number of carbonyl (C=O) groups is 6. The van der Waals surface area contributed by atoms with E-state index >= 15 is 0 Å². The summed E-state index contributed by atoms with van der Waals surface area (Å²) >= 11 is 0. The Hall–Kier alpha value is -5.34. The number of ether oxygens (including phenoxy) is 7. The molecule has 0 radical (unpaired) electrons. The fourth-order valence-corrected chi connectivity index (χ4v) is 5.74. The minimum atomic E-state index is -1.50. The van der Waals surface area contributed by atoms with Crippen LogP contribution in [0.4, 0.5) is 5.69 Å². The zero-order chi connectivity index (χ0) is 39.7. The number of anilines is 1. The van der Waals surface area contributed by atoms with Gasteiger partial charge in [0.25, 0.3) is 5.91 Å². The summed E-state index contributed by atoms with van der Waals surface area (Å²) in [4.78, 5) is 72.6. The van der Waals surface area contributed by atoms with Crippen LogP contribution >= 0.6 is 0 Å². The second-order valence-electron chi connectivity index (χ2n) is 12.4. The van der Waals surface area contributed by atoms with Crippen molar-refractivity contribution in [1.82, 2.24) is 10.6 Å². The van der Waals surface area contributed by atoms with Gasteiger partial charge in [0.1, 0.15) is 54.6 Å². The van der Waals surface area contributed by atoms with Crippen molar-refractivity contribution in [3.63, 3.8) is 0 Å². The van der Waals surface area contributed by atoms with Crippen LogP contribution in [-0.2, 0) is 47.7 Å². The van der Waals surface area contributed by atoms with E-state index in [0.29, 0.717) is 5.69 Å². The third kappa shape index (κ3) is 11.1. The summed E-state index contributed by atoms with van der Waals surface area (Å²) in [6.45, 7) is 4.83. The molecule has 19 heteroatoms. The first kappa shape index (κ1) is 41.4. The number of hydrogen-bond donors (Lipinski definition) is 6. The quantitative estimate of drug-likeness (QED) is 0.109. The average Bonchev–Trinajstić information content (AvgIpc) is 3.10. The van der Waals surface area contributed by atoms with Crippen LogP contribution in [0.25, 0.3) is 0 Å². The Morgan fingerprint density at radius 3 is 1.67 bits per heavy atom. The van der Waals surface area contributed by atoms with E-state index in [9.17, 15) is 44.1 Å². The summed E-state index contributed by atoms with van der Waals surface area (Å²) in [7, 11) is 0. The van der Waals surface area contributed by atoms with Crippen LogP contribution in [-0.4, -0.2) is 125 Å². The Morgan fingerprint density at radius 1 is 0.648 bits per heavy atom. The van der Waals surface area contributed by atoms with Crippen LogP contribution in [0, 0.1) is 0 Å². The lowest BCUT2D eigenvalue weighted by atomic mass is 9.96. The van der Waals surface area contributed by atoms with Gasteiger partial charge in [-0.1, -0.05) is 0 Å². The minimum Gasteiger partial charge on any atom is -0.463 e. The number of hydrogen-bond acceptors (Lipinski definition) is 16. The summed E-state index contributed by atoms with van der Waals surface area (Å²) in [6.07, 6.45) is -10.5. The van der Waals surface area contributed by atoms with E-state index in [1.165, 1.54) is 62.4 Å². The summed E-state index contributed by atoms with van der Waals surface area (Å²) in [5.41, 5.74) is 0.577. The van der Waals surface area contributed by atoms with E-state index in [4.69, 9.17) is 33.2 Å². The van der Waals surface area contributed by atoms with E-state index in [1.54, 1.807) is 0 Å². The van der Waals surface area contributed by atoms with Gasteiger partial charge in [0.2, 0.25) is 24.4 Å². The molecule has 0 bridgehead atoms. The van der Waals surface area contributed by atoms with E-state index in [0.717, 1.165) is 20.8 Å². The lowest BCUT2D eigenvalue weighted by Crippen LogP contribution is -2.67. The molecule has 2 aliphatic rings. The number of aliphatic hydroxyl groups is 3. The number of rotatable bonds is 13. The lowest BCUT2D eigenvalue weighted by Gasteiger charge is -2.44. The largest absolute Gasteiger partial charge is 0.463 e. The Kier molecular flexibility index (Phi) is 14.3. The Bertz CT molecular complexity index is 1650. The third-order valence-corrected chi connectivity index (χ3v) is 8.06. The number of esters is 3. The molecule has 294 valence electrons. The van der Waals surface area contributed by atoms with Gasteiger partial charge in [0.15, 0.2) is 12.2 Å². The first-order chi connectivity index (χ1) is 25.6. The molecular formula is C35H43N3O16. The second-order valence-corrected chi connectivity index (χ2v) is 12.4. The van der Waals surface area contributed by atoms with Gasteiger partial charge >= 0.3 is 17.9 Å². The fraction of sp³-hybridized carbons (Fsp3) is 0.486. The summed E-state index contributed by atoms with van der Waals surface area (Å²) < 4.78 is 39.4. The zero-order valence-electron chi connectivity index (χ0n) is 30.0. The maximum Gasteiger partial charge on any atom is 0.303 e. The average molecular weight is 762 g/mol. The highest BCUT2D eigenvalue weighted by atomic mass is 16.7. The SMILES string of the molecule is CC(=O)NC1C(O)[C@@H](O)C(CO)O[C@H]1Oc1ccc(C(=O)Nc2ccc(O[C@@H]3OC(COC(C)=O)[C@@H](OC(C)=O)C(OC(C)=O)C3NC(C)=O)cc2)cc1. The molecule has 0 spiro atoms. The first-order valence-electron chi connectivity index (χ1n) is 16.7. The smallest absolute Gasteiger partial charge is 0.303 e. The van der Waals surface area contributed by atoms with Gasteiger partial charge in [-0.15, -0.1) is 0 Å². The molecule has 2 saturated heterocycles. The summed E-state index contributed by atoms with van der Waals surface area (Å²) in [6, 6.07) is 9.45. The Morgan fingerprint density at radius 2 is 1.15 bits per heavy atom. The van der Waals surface area contributed by atoms with Crippen molar-refractivity contribution in [3.05, 3.63) is 54.1 Å². The van der Waals surface area contributed by atoms with E-state index in [-0.39, 0.29) is 17.1 Å². The number of amides is 3. The maximum atomic E-state index is 13.1. The normalized spacial score (nSPS) is 27.7. The van der Waals surface area contributed by atoms with Gasteiger partial charge in [-0.3, -0.25) is 28.8 Å². The molecule has 54 heavy (non-hydrogen) atoms. The van der Waals surface area contributed by atoms with Crippen molar-refractivity contribution in [1.29, 1.82) is 0 Å². The molecule has 2 heterocycles. The molecule has 0 aliphatic carbocycles. The van der Waals surface area contributed by atoms with Crippen LogP contribution in [0.15, 0.2) is 48.5 Å². The topological polar surface area (TPSA) is 264 Å². The molecule has 4 rings (SSSR count). The number of carbonyl (C=O) groups excluding carboxylic acids is 6. The van der Waals surface area contributed by atoms with Gasteiger partial charge in [-0.05, 0) is 48.5 Å². The zero-order valence-corrected chi connectivity index (χ0v) is 30.0. The maximum absolute atomic E-state index is 13.1. The van der Waals surface area contributed by atoms with Crippen LogP contribution < -0.4 is 25.4 Å². The fourth-order valence-electron chi connectivity index (χ4n) is 5.74. The van der Waals surface area contributed by atoms with Crippen LogP contribution in [0.1, 0.15) is 45.0 Å². The molecule has 0 saturated carbocycles. The van der Waals surface area contributed by atoms with Gasteiger partial charge in [0, 0.05) is 45.9 Å². The third-order valence-electron chi connectivity index (χ3n) is 8.06. The van der Waals surface area contributed by atoms with Crippen molar-refractivity contribution in [3.8, 4) is 11.5 Å². The highest BCUT2D eigenvalue weighted by molar-refractivity contribution is 6.04. The highest BCUT2D eigenvalue weighted by Crippen LogP contribution is 2.30. The van der Waals surface area contributed by atoms with E-state index in [1.807, 2.05) is 0 Å². The standard InChI is InChI=1S/C35H43N3O16/c1-16(40)36-27-30(46)29(45)25(14-39)53-34(27)51-23-10-6-21(7-11-23)33(47)38-22-8-12-24(13-9-22)52-35-28(37-17(2)41)32(50-20(5)44)31(49-19(4)43)26(54-35)15-48-18(3)42/h6-13,25-32,34-35,39,45-46H,14-15H2,1-5H3,(H,36,40)(H,37,41)(H,38,47)/t25?,26?,27?,28?,29-,30?,31+,32?,34+,35+/m0/s1. The molecule has 0 aromatic heterocycles. The molecule has 6 N–H and O–H groups in total. The first-order valence-corrected chi connectivity index (χ1v) is 16.7. The van der Waals surface area contributed by atoms with Crippen molar-refractivity contribution < 1.29 is 77.2 Å². The number of benzene rings is 2. The molecule has 2 aromatic carbocycles. The Balaban J connectivity index is 1.45. The molecule has 10 atom stereocenters. The lowest BCUT2D eigenvalue weighted by molar-refractivity contribution is -0.257. The second kappa shape index (κ2) is 18.6.